The van der Waals surface area contributed by atoms with E-state index < -0.39 is 0 Å². The zero-order valence-electron chi connectivity index (χ0n) is 11.6. The van der Waals surface area contributed by atoms with Crippen LogP contribution in [0, 0.1) is 0 Å². The molecule has 1 aromatic heterocycles. The Hall–Kier alpha value is 0.01000. The van der Waals surface area contributed by atoms with E-state index in [9.17, 15) is 0 Å². The van der Waals surface area contributed by atoms with Gasteiger partial charge in [0.25, 0.3) is 0 Å². The molecule has 0 aromatic carbocycles. The minimum Gasteiger partial charge on any atom is -0.302 e. The van der Waals surface area contributed by atoms with Gasteiger partial charge in [-0.25, -0.2) is 0 Å². The van der Waals surface area contributed by atoms with Gasteiger partial charge in [-0.15, -0.1) is 0 Å². The second-order valence-electron chi connectivity index (χ2n) is 5.07. The highest BCUT2D eigenvalue weighted by Crippen LogP contribution is 2.10. The molecule has 0 bridgehead atoms. The quantitative estimate of drug-likeness (QED) is 0.450. The number of rotatable bonds is 11. The molecule has 18 heavy (non-hydrogen) atoms. The van der Waals surface area contributed by atoms with Crippen molar-refractivity contribution in [2.45, 2.75) is 51.5 Å². The fourth-order valence-electron chi connectivity index (χ4n) is 2.15. The minimum atomic E-state index is 1.05. The molecule has 0 saturated heterocycles. The van der Waals surface area contributed by atoms with Gasteiger partial charge in [-0.05, 0) is 54.6 Å². The molecule has 0 amide bonds. The number of thiophene rings is 1. The Labute approximate surface area is 122 Å². The predicted octanol–water partition coefficient (Wildman–Crippen LogP) is 4.84. The average Bonchev–Trinajstić information content (AvgIpc) is 2.85. The van der Waals surface area contributed by atoms with Crippen molar-refractivity contribution in [2.75, 3.05) is 19.3 Å². The molecule has 0 unspecified atom stereocenters. The van der Waals surface area contributed by atoms with Gasteiger partial charge in [-0.2, -0.15) is 24.0 Å². The largest absolute Gasteiger partial charge is 0.302 e. The van der Waals surface area contributed by atoms with Gasteiger partial charge in [0.2, 0.25) is 0 Å². The van der Waals surface area contributed by atoms with Crippen molar-refractivity contribution in [1.29, 1.82) is 0 Å². The van der Waals surface area contributed by atoms with E-state index in [1.54, 1.807) is 11.3 Å². The van der Waals surface area contributed by atoms with Gasteiger partial charge >= 0.3 is 0 Å². The number of nitrogens with zero attached hydrogens (tertiary/aromatic N) is 1. The summed E-state index contributed by atoms with van der Waals surface area (Å²) in [5.41, 5.74) is 1.45. The maximum atomic E-state index is 4.23. The van der Waals surface area contributed by atoms with Crippen molar-refractivity contribution in [1.82, 2.24) is 4.90 Å². The SMILES string of the molecule is CN(CCCCCCCCCS)Cc1ccsc1. The number of hydrogen-bond donors (Lipinski definition) is 1. The molecule has 0 spiro atoms. The van der Waals surface area contributed by atoms with Crippen LogP contribution in [0.4, 0.5) is 0 Å². The molecule has 104 valence electrons. The van der Waals surface area contributed by atoms with Crippen molar-refractivity contribution in [3.8, 4) is 0 Å². The second kappa shape index (κ2) is 10.9. The van der Waals surface area contributed by atoms with Gasteiger partial charge < -0.3 is 4.90 Å². The predicted molar refractivity (Wildman–Crippen MR) is 86.8 cm³/mol. The molecule has 0 atom stereocenters. The van der Waals surface area contributed by atoms with Crippen LogP contribution in [0.5, 0.6) is 0 Å². The highest BCUT2D eigenvalue weighted by atomic mass is 32.1. The summed E-state index contributed by atoms with van der Waals surface area (Å²) < 4.78 is 0. The lowest BCUT2D eigenvalue weighted by Gasteiger charge is -2.15. The van der Waals surface area contributed by atoms with Crippen molar-refractivity contribution < 1.29 is 0 Å². The highest BCUT2D eigenvalue weighted by Gasteiger charge is 2.00. The molecule has 1 aromatic rings. The van der Waals surface area contributed by atoms with E-state index in [0.717, 1.165) is 12.3 Å². The zero-order valence-corrected chi connectivity index (χ0v) is 13.3. The Balaban J connectivity index is 1.88. The standard InChI is InChI=1S/C15H27NS2/c1-16(13-15-9-12-18-14-15)10-7-5-3-2-4-6-8-11-17/h9,12,14,17H,2-8,10-11,13H2,1H3. The molecule has 3 heteroatoms. The zero-order chi connectivity index (χ0) is 13.1. The van der Waals surface area contributed by atoms with Crippen LogP contribution in [0.15, 0.2) is 16.8 Å². The molecule has 1 rings (SSSR count). The Morgan fingerprint density at radius 1 is 1.06 bits per heavy atom. The van der Waals surface area contributed by atoms with Crippen molar-refractivity contribution in [2.24, 2.45) is 0 Å². The molecule has 1 nitrogen and oxygen atoms in total. The summed E-state index contributed by atoms with van der Waals surface area (Å²) in [7, 11) is 2.23. The smallest absolute Gasteiger partial charge is 0.0238 e. The van der Waals surface area contributed by atoms with Gasteiger partial charge in [0.1, 0.15) is 0 Å². The van der Waals surface area contributed by atoms with Crippen molar-refractivity contribution >= 4 is 24.0 Å². The van der Waals surface area contributed by atoms with E-state index in [-0.39, 0.29) is 0 Å². The summed E-state index contributed by atoms with van der Waals surface area (Å²) in [6.07, 6.45) is 9.57. The van der Waals surface area contributed by atoms with Gasteiger partial charge in [0, 0.05) is 6.54 Å². The molecule has 0 N–H and O–H groups in total. The molecule has 0 aliphatic heterocycles. The van der Waals surface area contributed by atoms with Gasteiger partial charge in [0.05, 0.1) is 0 Å². The molecule has 0 fully saturated rings. The summed E-state index contributed by atoms with van der Waals surface area (Å²) in [6, 6.07) is 2.22. The van der Waals surface area contributed by atoms with Gasteiger partial charge in [0.15, 0.2) is 0 Å². The fraction of sp³-hybridized carbons (Fsp3) is 0.733. The first kappa shape index (κ1) is 16.1. The third-order valence-corrected chi connectivity index (χ3v) is 4.28. The molecule has 0 aliphatic rings. The fourth-order valence-corrected chi connectivity index (χ4v) is 3.03. The van der Waals surface area contributed by atoms with Crippen LogP contribution in [0.25, 0.3) is 0 Å². The van der Waals surface area contributed by atoms with E-state index in [2.05, 4.69) is 41.4 Å². The van der Waals surface area contributed by atoms with Crippen LogP contribution < -0.4 is 0 Å². The van der Waals surface area contributed by atoms with E-state index >= 15 is 0 Å². The summed E-state index contributed by atoms with van der Waals surface area (Å²) >= 11 is 6.02. The van der Waals surface area contributed by atoms with Crippen LogP contribution in [-0.2, 0) is 6.54 Å². The molecule has 0 radical (unpaired) electrons. The second-order valence-corrected chi connectivity index (χ2v) is 6.30. The molecular weight excluding hydrogens is 258 g/mol. The van der Waals surface area contributed by atoms with Crippen molar-refractivity contribution in [3.63, 3.8) is 0 Å². The van der Waals surface area contributed by atoms with E-state index in [0.29, 0.717) is 0 Å². The first-order valence-electron chi connectivity index (χ1n) is 7.13. The van der Waals surface area contributed by atoms with E-state index in [1.165, 1.54) is 57.1 Å². The van der Waals surface area contributed by atoms with Crippen LogP contribution in [-0.4, -0.2) is 24.2 Å². The van der Waals surface area contributed by atoms with Crippen LogP contribution in [0.1, 0.15) is 50.5 Å². The van der Waals surface area contributed by atoms with E-state index in [4.69, 9.17) is 0 Å². The summed E-state index contributed by atoms with van der Waals surface area (Å²) in [4.78, 5) is 2.43. The Morgan fingerprint density at radius 3 is 2.33 bits per heavy atom. The number of hydrogen-bond acceptors (Lipinski definition) is 3. The summed E-state index contributed by atoms with van der Waals surface area (Å²) in [5.74, 6) is 1.05. The molecule has 0 aliphatic carbocycles. The number of unbranched alkanes of at least 4 members (excludes halogenated alkanes) is 6. The summed E-state index contributed by atoms with van der Waals surface area (Å²) in [6.45, 7) is 2.33. The Kier molecular flexibility index (Phi) is 9.72. The minimum absolute atomic E-state index is 1.05. The molecule has 1 heterocycles. The van der Waals surface area contributed by atoms with Crippen LogP contribution >= 0.6 is 24.0 Å². The topological polar surface area (TPSA) is 3.24 Å². The highest BCUT2D eigenvalue weighted by molar-refractivity contribution is 7.80. The molecular formula is C15H27NS2. The van der Waals surface area contributed by atoms with E-state index in [1.807, 2.05) is 0 Å². The number of thiol groups is 1. The maximum Gasteiger partial charge on any atom is 0.0238 e. The molecule has 0 saturated carbocycles. The van der Waals surface area contributed by atoms with Gasteiger partial charge in [-0.1, -0.05) is 32.1 Å². The Morgan fingerprint density at radius 2 is 1.72 bits per heavy atom. The lowest BCUT2D eigenvalue weighted by Crippen LogP contribution is -2.18. The average molecular weight is 286 g/mol. The van der Waals surface area contributed by atoms with Crippen LogP contribution in [0.2, 0.25) is 0 Å². The van der Waals surface area contributed by atoms with Gasteiger partial charge in [-0.3, -0.25) is 0 Å². The Bertz CT molecular complexity index is 272. The lowest BCUT2D eigenvalue weighted by molar-refractivity contribution is 0.317. The maximum absolute atomic E-state index is 4.23. The first-order valence-corrected chi connectivity index (χ1v) is 8.71. The lowest BCUT2D eigenvalue weighted by atomic mass is 10.1. The third kappa shape index (κ3) is 8.17. The summed E-state index contributed by atoms with van der Waals surface area (Å²) in [5, 5.41) is 4.41. The normalized spacial score (nSPS) is 11.3. The third-order valence-electron chi connectivity index (χ3n) is 3.23. The monoisotopic (exact) mass is 285 g/mol. The first-order chi connectivity index (χ1) is 8.83. The van der Waals surface area contributed by atoms with Crippen LogP contribution in [0.3, 0.4) is 0 Å². The van der Waals surface area contributed by atoms with Crippen molar-refractivity contribution in [3.05, 3.63) is 22.4 Å².